The number of anilines is 1. The second-order valence-electron chi connectivity index (χ2n) is 5.57. The molecule has 2 aromatic heterocycles. The minimum atomic E-state index is -0.0912. The summed E-state index contributed by atoms with van der Waals surface area (Å²) in [6.07, 6.45) is 2.76. The van der Waals surface area contributed by atoms with Gasteiger partial charge in [0.25, 0.3) is 5.22 Å². The summed E-state index contributed by atoms with van der Waals surface area (Å²) in [6.45, 7) is 4.36. The molecule has 3 aromatic rings. The maximum atomic E-state index is 12.1. The van der Waals surface area contributed by atoms with E-state index in [0.29, 0.717) is 22.4 Å². The minimum Gasteiger partial charge on any atom is -0.430 e. The molecule has 0 aliphatic rings. The van der Waals surface area contributed by atoms with Crippen LogP contribution in [0.3, 0.4) is 0 Å². The zero-order valence-electron chi connectivity index (χ0n) is 13.7. The monoisotopic (exact) mass is 341 g/mol. The highest BCUT2D eigenvalue weighted by Crippen LogP contribution is 2.23. The van der Waals surface area contributed by atoms with E-state index in [1.807, 2.05) is 12.1 Å². The van der Waals surface area contributed by atoms with Crippen molar-refractivity contribution in [2.75, 3.05) is 11.1 Å². The molecule has 0 saturated carbocycles. The van der Waals surface area contributed by atoms with Gasteiger partial charge in [0.15, 0.2) is 11.2 Å². The van der Waals surface area contributed by atoms with E-state index in [9.17, 15) is 4.79 Å². The van der Waals surface area contributed by atoms with Crippen molar-refractivity contribution in [3.05, 3.63) is 48.2 Å². The number of carbonyl (C=O) groups excluding carboxylic acids is 1. The van der Waals surface area contributed by atoms with Gasteiger partial charge < -0.3 is 9.73 Å². The van der Waals surface area contributed by atoms with E-state index < -0.39 is 0 Å². The molecule has 5 nitrogen and oxygen atoms in total. The fraction of sp³-hybridized carbons (Fsp3) is 0.278. The SMILES string of the molecule is CC[C@H](C)c1ccc(NC(=O)CSc2nc3ncccc3o2)cc1. The van der Waals surface area contributed by atoms with Crippen LogP contribution in [-0.4, -0.2) is 21.6 Å². The highest BCUT2D eigenvalue weighted by molar-refractivity contribution is 7.99. The van der Waals surface area contributed by atoms with E-state index in [1.165, 1.54) is 17.3 Å². The quantitative estimate of drug-likeness (QED) is 0.670. The number of pyridine rings is 1. The van der Waals surface area contributed by atoms with Gasteiger partial charge in [-0.25, -0.2) is 4.98 Å². The Labute approximate surface area is 144 Å². The molecule has 24 heavy (non-hydrogen) atoms. The molecule has 0 aliphatic heterocycles. The number of fused-ring (bicyclic) bond motifs is 1. The molecular weight excluding hydrogens is 322 g/mol. The number of thioether (sulfide) groups is 1. The maximum Gasteiger partial charge on any atom is 0.258 e. The lowest BCUT2D eigenvalue weighted by Crippen LogP contribution is -2.14. The average molecular weight is 341 g/mol. The Morgan fingerprint density at radius 1 is 1.29 bits per heavy atom. The van der Waals surface area contributed by atoms with Crippen LogP contribution in [0.4, 0.5) is 5.69 Å². The minimum absolute atomic E-state index is 0.0912. The first-order valence-electron chi connectivity index (χ1n) is 7.90. The smallest absolute Gasteiger partial charge is 0.258 e. The van der Waals surface area contributed by atoms with E-state index >= 15 is 0 Å². The number of rotatable bonds is 6. The summed E-state index contributed by atoms with van der Waals surface area (Å²) in [5.74, 6) is 0.671. The van der Waals surface area contributed by atoms with Crippen molar-refractivity contribution in [3.8, 4) is 0 Å². The summed E-state index contributed by atoms with van der Waals surface area (Å²) >= 11 is 1.26. The van der Waals surface area contributed by atoms with Gasteiger partial charge in [-0.15, -0.1) is 0 Å². The Bertz CT molecular complexity index is 797. The van der Waals surface area contributed by atoms with Crippen molar-refractivity contribution in [2.24, 2.45) is 0 Å². The van der Waals surface area contributed by atoms with Crippen LogP contribution in [-0.2, 0) is 4.79 Å². The predicted molar refractivity (Wildman–Crippen MR) is 96.3 cm³/mol. The first-order valence-corrected chi connectivity index (χ1v) is 8.88. The average Bonchev–Trinajstić information content (AvgIpc) is 3.03. The van der Waals surface area contributed by atoms with Crippen molar-refractivity contribution < 1.29 is 9.21 Å². The number of hydrogen-bond donors (Lipinski definition) is 1. The van der Waals surface area contributed by atoms with Crippen molar-refractivity contribution >= 4 is 34.6 Å². The van der Waals surface area contributed by atoms with Crippen LogP contribution in [0.15, 0.2) is 52.2 Å². The number of hydrogen-bond acceptors (Lipinski definition) is 5. The van der Waals surface area contributed by atoms with Crippen LogP contribution in [0.5, 0.6) is 0 Å². The van der Waals surface area contributed by atoms with Crippen molar-refractivity contribution in [2.45, 2.75) is 31.4 Å². The third-order valence-corrected chi connectivity index (χ3v) is 4.68. The molecule has 1 N–H and O–H groups in total. The summed E-state index contributed by atoms with van der Waals surface area (Å²) in [5.41, 5.74) is 3.26. The lowest BCUT2D eigenvalue weighted by molar-refractivity contribution is -0.113. The first kappa shape index (κ1) is 16.5. The van der Waals surface area contributed by atoms with Gasteiger partial charge in [0.2, 0.25) is 5.91 Å². The molecule has 0 saturated heterocycles. The summed E-state index contributed by atoms with van der Waals surface area (Å²) in [6, 6.07) is 11.6. The van der Waals surface area contributed by atoms with Crippen LogP contribution >= 0.6 is 11.8 Å². The number of nitrogens with zero attached hydrogens (tertiary/aromatic N) is 2. The topological polar surface area (TPSA) is 68.0 Å². The lowest BCUT2D eigenvalue weighted by atomic mass is 9.99. The summed E-state index contributed by atoms with van der Waals surface area (Å²) < 4.78 is 5.53. The third-order valence-electron chi connectivity index (χ3n) is 3.85. The van der Waals surface area contributed by atoms with Crippen LogP contribution in [0.25, 0.3) is 11.2 Å². The van der Waals surface area contributed by atoms with Gasteiger partial charge in [-0.1, -0.05) is 37.7 Å². The fourth-order valence-corrected chi connectivity index (χ4v) is 2.89. The van der Waals surface area contributed by atoms with Gasteiger partial charge in [0, 0.05) is 11.9 Å². The Hall–Kier alpha value is -2.34. The molecule has 2 heterocycles. The summed E-state index contributed by atoms with van der Waals surface area (Å²) in [7, 11) is 0. The van der Waals surface area contributed by atoms with E-state index in [1.54, 1.807) is 18.3 Å². The molecule has 1 atom stereocenters. The normalized spacial score (nSPS) is 12.2. The van der Waals surface area contributed by atoms with Crippen molar-refractivity contribution in [1.29, 1.82) is 0 Å². The first-order chi connectivity index (χ1) is 11.7. The number of oxazole rings is 1. The lowest BCUT2D eigenvalue weighted by Gasteiger charge is -2.10. The molecule has 0 spiro atoms. The molecular formula is C18H19N3O2S. The van der Waals surface area contributed by atoms with Crippen LogP contribution in [0.1, 0.15) is 31.7 Å². The number of benzene rings is 1. The highest BCUT2D eigenvalue weighted by atomic mass is 32.2. The number of aromatic nitrogens is 2. The molecule has 3 rings (SSSR count). The van der Waals surface area contributed by atoms with Crippen LogP contribution < -0.4 is 5.32 Å². The van der Waals surface area contributed by atoms with Gasteiger partial charge in [-0.2, -0.15) is 4.98 Å². The van der Waals surface area contributed by atoms with Crippen molar-refractivity contribution in [1.82, 2.24) is 9.97 Å². The molecule has 6 heteroatoms. The van der Waals surface area contributed by atoms with Gasteiger partial charge in [-0.05, 0) is 42.2 Å². The largest absolute Gasteiger partial charge is 0.430 e. The second-order valence-corrected chi connectivity index (χ2v) is 6.50. The molecule has 0 radical (unpaired) electrons. The summed E-state index contributed by atoms with van der Waals surface area (Å²) in [4.78, 5) is 20.4. The molecule has 0 bridgehead atoms. The van der Waals surface area contributed by atoms with Crippen LogP contribution in [0.2, 0.25) is 0 Å². The predicted octanol–water partition coefficient (Wildman–Crippen LogP) is 4.47. The highest BCUT2D eigenvalue weighted by Gasteiger charge is 2.10. The zero-order chi connectivity index (χ0) is 16.9. The molecule has 124 valence electrons. The molecule has 0 fully saturated rings. The summed E-state index contributed by atoms with van der Waals surface area (Å²) in [5, 5.41) is 3.34. The molecule has 1 aromatic carbocycles. The van der Waals surface area contributed by atoms with Gasteiger partial charge in [-0.3, -0.25) is 4.79 Å². The number of carbonyl (C=O) groups is 1. The van der Waals surface area contributed by atoms with E-state index in [4.69, 9.17) is 4.42 Å². The van der Waals surface area contributed by atoms with Crippen LogP contribution in [0, 0.1) is 0 Å². The molecule has 1 amide bonds. The Balaban J connectivity index is 1.55. The van der Waals surface area contributed by atoms with Gasteiger partial charge >= 0.3 is 0 Å². The fourth-order valence-electron chi connectivity index (χ4n) is 2.27. The maximum absolute atomic E-state index is 12.1. The third kappa shape index (κ3) is 3.94. The Kier molecular flexibility index (Phi) is 5.15. The second kappa shape index (κ2) is 7.49. The van der Waals surface area contributed by atoms with E-state index in [-0.39, 0.29) is 11.7 Å². The zero-order valence-corrected chi connectivity index (χ0v) is 14.5. The van der Waals surface area contributed by atoms with Gasteiger partial charge in [0.05, 0.1) is 5.75 Å². The number of amides is 1. The van der Waals surface area contributed by atoms with E-state index in [0.717, 1.165) is 12.1 Å². The van der Waals surface area contributed by atoms with Gasteiger partial charge in [0.1, 0.15) is 0 Å². The van der Waals surface area contributed by atoms with E-state index in [2.05, 4.69) is 41.3 Å². The standard InChI is InChI=1S/C18H19N3O2S/c1-3-12(2)13-6-8-14(9-7-13)20-16(22)11-24-18-21-17-15(23-18)5-4-10-19-17/h4-10,12H,3,11H2,1-2H3,(H,20,22)/t12-/m0/s1. The Morgan fingerprint density at radius 3 is 2.79 bits per heavy atom. The molecule has 0 aliphatic carbocycles. The number of nitrogens with one attached hydrogen (secondary N) is 1. The molecule has 0 unspecified atom stereocenters. The Morgan fingerprint density at radius 2 is 2.08 bits per heavy atom. The van der Waals surface area contributed by atoms with Crippen molar-refractivity contribution in [3.63, 3.8) is 0 Å².